The molecule has 1 aliphatic rings. The molecule has 0 radical (unpaired) electrons. The van der Waals surface area contributed by atoms with Crippen LogP contribution in [0.4, 0.5) is 0 Å². The number of aliphatic carboxylic acids is 1. The molecule has 0 amide bonds. The minimum atomic E-state index is -3.63. The average Bonchev–Trinajstić information content (AvgIpc) is 2.77. The number of carboxylic acid groups (broad SMARTS) is 1. The summed E-state index contributed by atoms with van der Waals surface area (Å²) < 4.78 is 32.0. The molecule has 106 valence electrons. The van der Waals surface area contributed by atoms with Crippen LogP contribution < -0.4 is 0 Å². The van der Waals surface area contributed by atoms with E-state index in [1.807, 2.05) is 0 Å². The lowest BCUT2D eigenvalue weighted by atomic mass is 10.1. The minimum absolute atomic E-state index is 0.0537. The number of likely N-dealkylation sites (N-methyl/N-ethyl adjacent to an activating group) is 1. The van der Waals surface area contributed by atoms with Crippen LogP contribution in [-0.2, 0) is 19.7 Å². The largest absolute Gasteiger partial charge is 0.481 e. The lowest BCUT2D eigenvalue weighted by molar-refractivity contribution is -0.142. The first kappa shape index (κ1) is 15.4. The van der Waals surface area contributed by atoms with E-state index in [0.29, 0.717) is 13.1 Å². The van der Waals surface area contributed by atoms with Gasteiger partial charge in [-0.1, -0.05) is 13.8 Å². The number of carboxylic acids is 1. The van der Waals surface area contributed by atoms with Gasteiger partial charge in [-0.05, 0) is 0 Å². The third kappa shape index (κ3) is 2.82. The fraction of sp³-hybridized carbons (Fsp3) is 0.900. The van der Waals surface area contributed by atoms with Gasteiger partial charge in [0.25, 0.3) is 10.2 Å². The maximum atomic E-state index is 12.3. The van der Waals surface area contributed by atoms with Crippen molar-refractivity contribution in [2.75, 3.05) is 33.4 Å². The first-order chi connectivity index (χ1) is 8.36. The molecule has 0 aromatic rings. The Morgan fingerprint density at radius 2 is 1.89 bits per heavy atom. The quantitative estimate of drug-likeness (QED) is 0.715. The molecule has 0 bridgehead atoms. The van der Waals surface area contributed by atoms with Crippen LogP contribution in [0.3, 0.4) is 0 Å². The molecular formula is C10H20N2O5S. The molecule has 7 nitrogen and oxygen atoms in total. The van der Waals surface area contributed by atoms with E-state index in [1.165, 1.54) is 11.4 Å². The minimum Gasteiger partial charge on any atom is -0.481 e. The topological polar surface area (TPSA) is 87.2 Å². The van der Waals surface area contributed by atoms with Crippen molar-refractivity contribution in [1.82, 2.24) is 8.61 Å². The summed E-state index contributed by atoms with van der Waals surface area (Å²) in [4.78, 5) is 11.0. The Kier molecular flexibility index (Phi) is 5.09. The van der Waals surface area contributed by atoms with Crippen molar-refractivity contribution in [1.29, 1.82) is 0 Å². The van der Waals surface area contributed by atoms with Crippen LogP contribution in [0.25, 0.3) is 0 Å². The molecule has 18 heavy (non-hydrogen) atoms. The molecule has 1 rings (SSSR count). The first-order valence-corrected chi connectivity index (χ1v) is 7.29. The summed E-state index contributed by atoms with van der Waals surface area (Å²) in [6.07, 6.45) is 0. The van der Waals surface area contributed by atoms with Crippen molar-refractivity contribution < 1.29 is 23.1 Å². The van der Waals surface area contributed by atoms with Gasteiger partial charge >= 0.3 is 5.97 Å². The summed E-state index contributed by atoms with van der Waals surface area (Å²) in [5.74, 6) is -1.83. The lowest BCUT2D eigenvalue weighted by Crippen LogP contribution is -2.50. The zero-order valence-electron chi connectivity index (χ0n) is 10.9. The Labute approximate surface area is 108 Å². The third-order valence-electron chi connectivity index (χ3n) is 3.23. The average molecular weight is 280 g/mol. The summed E-state index contributed by atoms with van der Waals surface area (Å²) in [7, 11) is -2.22. The summed E-state index contributed by atoms with van der Waals surface area (Å²) >= 11 is 0. The highest BCUT2D eigenvalue weighted by molar-refractivity contribution is 7.86. The van der Waals surface area contributed by atoms with Gasteiger partial charge in [-0.2, -0.15) is 17.0 Å². The van der Waals surface area contributed by atoms with Crippen molar-refractivity contribution in [3.63, 3.8) is 0 Å². The van der Waals surface area contributed by atoms with E-state index in [0.717, 1.165) is 4.31 Å². The smallest absolute Gasteiger partial charge is 0.310 e. The highest BCUT2D eigenvalue weighted by atomic mass is 32.2. The molecule has 1 aliphatic heterocycles. The molecule has 0 spiro atoms. The molecular weight excluding hydrogens is 260 g/mol. The van der Waals surface area contributed by atoms with Gasteiger partial charge in [-0.3, -0.25) is 4.79 Å². The Morgan fingerprint density at radius 3 is 2.33 bits per heavy atom. The molecule has 1 saturated heterocycles. The van der Waals surface area contributed by atoms with Crippen molar-refractivity contribution in [3.05, 3.63) is 0 Å². The monoisotopic (exact) mass is 280 g/mol. The van der Waals surface area contributed by atoms with Crippen LogP contribution in [0.15, 0.2) is 0 Å². The van der Waals surface area contributed by atoms with Crippen LogP contribution >= 0.6 is 0 Å². The SMILES string of the molecule is CCN(CC)S(=O)(=O)N(C)C1COCC1C(=O)O. The fourth-order valence-corrected chi connectivity index (χ4v) is 3.61. The summed E-state index contributed by atoms with van der Waals surface area (Å²) in [5, 5.41) is 9.04. The van der Waals surface area contributed by atoms with Crippen molar-refractivity contribution >= 4 is 16.2 Å². The summed E-state index contributed by atoms with van der Waals surface area (Å²) in [5.41, 5.74) is 0. The van der Waals surface area contributed by atoms with E-state index >= 15 is 0 Å². The van der Waals surface area contributed by atoms with Crippen molar-refractivity contribution in [2.45, 2.75) is 19.9 Å². The van der Waals surface area contributed by atoms with Gasteiger partial charge in [-0.25, -0.2) is 0 Å². The van der Waals surface area contributed by atoms with Crippen molar-refractivity contribution in [3.8, 4) is 0 Å². The molecule has 0 aliphatic carbocycles. The number of carbonyl (C=O) groups is 1. The highest BCUT2D eigenvalue weighted by Gasteiger charge is 2.42. The van der Waals surface area contributed by atoms with E-state index in [9.17, 15) is 13.2 Å². The number of rotatable bonds is 6. The van der Waals surface area contributed by atoms with Gasteiger partial charge in [0.1, 0.15) is 0 Å². The number of hydrogen-bond acceptors (Lipinski definition) is 4. The normalized spacial score (nSPS) is 24.9. The number of nitrogens with zero attached hydrogens (tertiary/aromatic N) is 2. The van der Waals surface area contributed by atoms with E-state index in [4.69, 9.17) is 9.84 Å². The Hall–Kier alpha value is -0.700. The van der Waals surface area contributed by atoms with E-state index in [-0.39, 0.29) is 13.2 Å². The van der Waals surface area contributed by atoms with Crippen LogP contribution in [0, 0.1) is 5.92 Å². The Morgan fingerprint density at radius 1 is 1.33 bits per heavy atom. The molecule has 2 atom stereocenters. The molecule has 1 heterocycles. The second-order valence-corrected chi connectivity index (χ2v) is 6.15. The number of ether oxygens (including phenoxy) is 1. The lowest BCUT2D eigenvalue weighted by Gasteiger charge is -2.30. The zero-order chi connectivity index (χ0) is 13.9. The molecule has 0 saturated carbocycles. The van der Waals surface area contributed by atoms with Crippen LogP contribution in [0.2, 0.25) is 0 Å². The predicted octanol–water partition coefficient (Wildman–Crippen LogP) is -0.396. The standard InChI is InChI=1S/C10H20N2O5S/c1-4-12(5-2)18(15,16)11(3)9-7-17-6-8(9)10(13)14/h8-9H,4-7H2,1-3H3,(H,13,14). The third-order valence-corrected chi connectivity index (χ3v) is 5.40. The zero-order valence-corrected chi connectivity index (χ0v) is 11.7. The van der Waals surface area contributed by atoms with E-state index in [1.54, 1.807) is 13.8 Å². The number of hydrogen-bond donors (Lipinski definition) is 1. The maximum absolute atomic E-state index is 12.3. The highest BCUT2D eigenvalue weighted by Crippen LogP contribution is 2.22. The van der Waals surface area contributed by atoms with E-state index in [2.05, 4.69) is 0 Å². The second-order valence-electron chi connectivity index (χ2n) is 4.16. The van der Waals surface area contributed by atoms with Gasteiger partial charge in [-0.15, -0.1) is 0 Å². The second kappa shape index (κ2) is 5.96. The van der Waals surface area contributed by atoms with Crippen LogP contribution in [-0.4, -0.2) is 67.5 Å². The predicted molar refractivity (Wildman–Crippen MR) is 65.3 cm³/mol. The van der Waals surface area contributed by atoms with Crippen LogP contribution in [0.5, 0.6) is 0 Å². The summed E-state index contributed by atoms with van der Waals surface area (Å²) in [6.45, 7) is 4.37. The van der Waals surface area contributed by atoms with Gasteiger partial charge in [0.15, 0.2) is 0 Å². The molecule has 2 unspecified atom stereocenters. The van der Waals surface area contributed by atoms with E-state index < -0.39 is 28.1 Å². The molecule has 1 N–H and O–H groups in total. The van der Waals surface area contributed by atoms with Crippen LogP contribution in [0.1, 0.15) is 13.8 Å². The Balaban J connectivity index is 2.92. The molecule has 0 aromatic carbocycles. The van der Waals surface area contributed by atoms with Gasteiger partial charge in [0.05, 0.1) is 25.2 Å². The van der Waals surface area contributed by atoms with Gasteiger partial charge in [0.2, 0.25) is 0 Å². The van der Waals surface area contributed by atoms with Gasteiger partial charge in [0, 0.05) is 20.1 Å². The first-order valence-electron chi connectivity index (χ1n) is 5.89. The van der Waals surface area contributed by atoms with Gasteiger partial charge < -0.3 is 9.84 Å². The fourth-order valence-electron chi connectivity index (χ4n) is 2.04. The maximum Gasteiger partial charge on any atom is 0.310 e. The summed E-state index contributed by atoms with van der Waals surface area (Å²) in [6, 6.07) is -0.645. The van der Waals surface area contributed by atoms with Crippen molar-refractivity contribution in [2.24, 2.45) is 5.92 Å². The molecule has 0 aromatic heterocycles. The Bertz CT molecular complexity index is 393. The molecule has 1 fully saturated rings. The molecule has 8 heteroatoms.